The molecular weight excluding hydrogens is 392 g/mol. The molecule has 0 aliphatic rings. The van der Waals surface area contributed by atoms with Crippen LogP contribution in [0.4, 0.5) is 0 Å². The van der Waals surface area contributed by atoms with Crippen LogP contribution in [-0.4, -0.2) is 17.3 Å². The highest BCUT2D eigenvalue weighted by Crippen LogP contribution is 2.35. The van der Waals surface area contributed by atoms with E-state index in [0.29, 0.717) is 28.9 Å². The average Bonchev–Trinajstić information content (AvgIpc) is 2.73. The Kier molecular flexibility index (Phi) is 6.85. The minimum Gasteiger partial charge on any atom is -0.507 e. The van der Waals surface area contributed by atoms with Crippen molar-refractivity contribution in [3.63, 3.8) is 0 Å². The summed E-state index contributed by atoms with van der Waals surface area (Å²) in [5.74, 6) is 0.277. The number of ether oxygens (including phenoxy) is 1. The molecule has 0 bridgehead atoms. The molecule has 0 saturated carbocycles. The van der Waals surface area contributed by atoms with Crippen molar-refractivity contribution in [1.29, 1.82) is 0 Å². The molecule has 0 aliphatic heterocycles. The van der Waals surface area contributed by atoms with Crippen LogP contribution >= 0.6 is 0 Å². The van der Waals surface area contributed by atoms with E-state index in [2.05, 4.69) is 19.9 Å². The highest BCUT2D eigenvalue weighted by molar-refractivity contribution is 5.90. The topological polar surface area (TPSA) is 79.9 Å². The normalized spacial score (nSPS) is 11.5. The van der Waals surface area contributed by atoms with Gasteiger partial charge in [-0.25, -0.2) is 0 Å². The van der Waals surface area contributed by atoms with Gasteiger partial charge in [0.05, 0.1) is 12.7 Å². The summed E-state index contributed by atoms with van der Waals surface area (Å²) in [5.41, 5.74) is 3.77. The van der Waals surface area contributed by atoms with Gasteiger partial charge in [-0.3, -0.25) is 4.79 Å². The SMILES string of the molecule is COc1ccc(-c2coc3c(CC=C(C)CCC=C(C)C)c(O)cc(O)c3c2=O)cc1. The lowest BCUT2D eigenvalue weighted by Crippen LogP contribution is -2.06. The zero-order valence-electron chi connectivity index (χ0n) is 18.4. The summed E-state index contributed by atoms with van der Waals surface area (Å²) in [7, 11) is 1.57. The monoisotopic (exact) mass is 420 g/mol. The molecule has 2 N–H and O–H groups in total. The molecule has 0 radical (unpaired) electrons. The quantitative estimate of drug-likeness (QED) is 0.451. The van der Waals surface area contributed by atoms with Gasteiger partial charge < -0.3 is 19.4 Å². The number of aromatic hydroxyl groups is 2. The summed E-state index contributed by atoms with van der Waals surface area (Å²) >= 11 is 0. The van der Waals surface area contributed by atoms with Gasteiger partial charge in [-0.05, 0) is 57.7 Å². The van der Waals surface area contributed by atoms with Gasteiger partial charge in [0.15, 0.2) is 0 Å². The molecule has 31 heavy (non-hydrogen) atoms. The molecule has 3 aromatic rings. The molecule has 2 aromatic carbocycles. The Morgan fingerprint density at radius 3 is 2.42 bits per heavy atom. The van der Waals surface area contributed by atoms with Crippen molar-refractivity contribution in [3.8, 4) is 28.4 Å². The van der Waals surface area contributed by atoms with Crippen LogP contribution in [0.2, 0.25) is 0 Å². The van der Waals surface area contributed by atoms with Crippen LogP contribution in [0.3, 0.4) is 0 Å². The number of hydrogen-bond donors (Lipinski definition) is 2. The number of rotatable bonds is 7. The Morgan fingerprint density at radius 2 is 1.77 bits per heavy atom. The number of benzene rings is 2. The molecule has 0 aliphatic carbocycles. The third-order valence-corrected chi connectivity index (χ3v) is 5.25. The van der Waals surface area contributed by atoms with Gasteiger partial charge in [-0.2, -0.15) is 0 Å². The summed E-state index contributed by atoms with van der Waals surface area (Å²) in [6.45, 7) is 6.18. The van der Waals surface area contributed by atoms with Crippen molar-refractivity contribution >= 4 is 11.0 Å². The fraction of sp³-hybridized carbons (Fsp3) is 0.269. The van der Waals surface area contributed by atoms with E-state index in [1.165, 1.54) is 23.5 Å². The van der Waals surface area contributed by atoms with Crippen molar-refractivity contribution in [2.75, 3.05) is 7.11 Å². The molecule has 1 heterocycles. The molecule has 162 valence electrons. The van der Waals surface area contributed by atoms with Gasteiger partial charge >= 0.3 is 0 Å². The first-order valence-electron chi connectivity index (χ1n) is 10.2. The Balaban J connectivity index is 2.01. The summed E-state index contributed by atoms with van der Waals surface area (Å²) in [4.78, 5) is 13.2. The number of allylic oxidation sites excluding steroid dienone is 4. The Bertz CT molecular complexity index is 1190. The van der Waals surface area contributed by atoms with E-state index < -0.39 is 0 Å². The lowest BCUT2D eigenvalue weighted by atomic mass is 10.00. The highest BCUT2D eigenvalue weighted by Gasteiger charge is 2.18. The van der Waals surface area contributed by atoms with E-state index >= 15 is 0 Å². The molecule has 3 rings (SSSR count). The largest absolute Gasteiger partial charge is 0.507 e. The fourth-order valence-electron chi connectivity index (χ4n) is 3.46. The predicted molar refractivity (Wildman–Crippen MR) is 124 cm³/mol. The fourth-order valence-corrected chi connectivity index (χ4v) is 3.46. The first-order valence-corrected chi connectivity index (χ1v) is 10.2. The first kappa shape index (κ1) is 22.2. The van der Waals surface area contributed by atoms with Crippen LogP contribution in [-0.2, 0) is 6.42 Å². The molecule has 5 nitrogen and oxygen atoms in total. The maximum Gasteiger partial charge on any atom is 0.204 e. The summed E-state index contributed by atoms with van der Waals surface area (Å²) in [5, 5.41) is 20.9. The van der Waals surface area contributed by atoms with Crippen molar-refractivity contribution in [1.82, 2.24) is 0 Å². The second kappa shape index (κ2) is 9.56. The molecule has 0 unspecified atom stereocenters. The number of phenolic OH excluding ortho intramolecular Hbond substituents is 2. The van der Waals surface area contributed by atoms with Crippen LogP contribution < -0.4 is 10.2 Å². The minimum absolute atomic E-state index is 0.0664. The number of hydrogen-bond acceptors (Lipinski definition) is 5. The van der Waals surface area contributed by atoms with E-state index in [1.54, 1.807) is 31.4 Å². The number of fused-ring (bicyclic) bond motifs is 1. The van der Waals surface area contributed by atoms with Gasteiger partial charge in [0.25, 0.3) is 0 Å². The molecule has 0 saturated heterocycles. The third kappa shape index (κ3) is 5.00. The Morgan fingerprint density at radius 1 is 1.06 bits per heavy atom. The maximum absolute atomic E-state index is 13.2. The van der Waals surface area contributed by atoms with Crippen molar-refractivity contribution in [2.45, 2.75) is 40.0 Å². The predicted octanol–water partition coefficient (Wildman–Crippen LogP) is 6.12. The molecule has 0 atom stereocenters. The molecule has 5 heteroatoms. The van der Waals surface area contributed by atoms with E-state index in [1.807, 2.05) is 13.0 Å². The molecule has 0 fully saturated rings. The third-order valence-electron chi connectivity index (χ3n) is 5.25. The number of phenols is 2. The standard InChI is InChI=1S/C26H28O5/c1-16(2)6-5-7-17(3)8-13-20-22(27)14-23(28)24-25(29)21(15-31-26(20)24)18-9-11-19(30-4)12-10-18/h6,8-12,14-15,27-28H,5,7,13H2,1-4H3. The smallest absolute Gasteiger partial charge is 0.204 e. The van der Waals surface area contributed by atoms with E-state index in [4.69, 9.17) is 9.15 Å². The highest BCUT2D eigenvalue weighted by atomic mass is 16.5. The van der Waals surface area contributed by atoms with Gasteiger partial charge in [-0.1, -0.05) is 35.4 Å². The molecular formula is C26H28O5. The van der Waals surface area contributed by atoms with Crippen molar-refractivity contribution < 1.29 is 19.4 Å². The van der Waals surface area contributed by atoms with E-state index in [0.717, 1.165) is 12.8 Å². The maximum atomic E-state index is 13.2. The average molecular weight is 421 g/mol. The second-order valence-electron chi connectivity index (χ2n) is 7.88. The molecule has 1 aromatic heterocycles. The second-order valence-corrected chi connectivity index (χ2v) is 7.88. The first-order chi connectivity index (χ1) is 14.8. The summed E-state index contributed by atoms with van der Waals surface area (Å²) in [6.07, 6.45) is 7.83. The zero-order chi connectivity index (χ0) is 22.5. The minimum atomic E-state index is -0.352. The lowest BCUT2D eigenvalue weighted by Gasteiger charge is -2.10. The van der Waals surface area contributed by atoms with Gasteiger partial charge in [0, 0.05) is 11.6 Å². The van der Waals surface area contributed by atoms with Crippen molar-refractivity contribution in [3.05, 3.63) is 75.7 Å². The van der Waals surface area contributed by atoms with E-state index in [-0.39, 0.29) is 27.9 Å². The molecule has 0 amide bonds. The molecule has 0 spiro atoms. The van der Waals surface area contributed by atoms with Gasteiger partial charge in [0.1, 0.15) is 34.5 Å². The van der Waals surface area contributed by atoms with Crippen LogP contribution in [0, 0.1) is 0 Å². The van der Waals surface area contributed by atoms with Gasteiger partial charge in [-0.15, -0.1) is 0 Å². The summed E-state index contributed by atoms with van der Waals surface area (Å²) in [6, 6.07) is 8.23. The summed E-state index contributed by atoms with van der Waals surface area (Å²) < 4.78 is 10.9. The van der Waals surface area contributed by atoms with Crippen LogP contribution in [0.15, 0.2) is 69.1 Å². The van der Waals surface area contributed by atoms with Crippen LogP contribution in [0.25, 0.3) is 22.1 Å². The zero-order valence-corrected chi connectivity index (χ0v) is 18.4. The Hall–Kier alpha value is -3.47. The number of methoxy groups -OCH3 is 1. The van der Waals surface area contributed by atoms with Crippen LogP contribution in [0.5, 0.6) is 17.2 Å². The van der Waals surface area contributed by atoms with Gasteiger partial charge in [0.2, 0.25) is 5.43 Å². The van der Waals surface area contributed by atoms with Crippen molar-refractivity contribution in [2.24, 2.45) is 0 Å². The van der Waals surface area contributed by atoms with Crippen LogP contribution in [0.1, 0.15) is 39.2 Å². The van der Waals surface area contributed by atoms with E-state index in [9.17, 15) is 15.0 Å². The Labute approximate surface area is 181 Å². The lowest BCUT2D eigenvalue weighted by molar-refractivity contribution is 0.415.